The van der Waals surface area contributed by atoms with Crippen LogP contribution in [0.2, 0.25) is 0 Å². The number of nitrogens with zero attached hydrogens (tertiary/aromatic N) is 1. The first kappa shape index (κ1) is 15.8. The third kappa shape index (κ3) is 4.15. The normalized spacial score (nSPS) is 9.95. The van der Waals surface area contributed by atoms with E-state index in [2.05, 4.69) is 5.32 Å². The third-order valence-corrected chi connectivity index (χ3v) is 2.88. The summed E-state index contributed by atoms with van der Waals surface area (Å²) in [6, 6.07) is 5.06. The molecule has 0 aliphatic carbocycles. The fourth-order valence-corrected chi connectivity index (χ4v) is 1.77. The van der Waals surface area contributed by atoms with Crippen LogP contribution < -0.4 is 16.0 Å². The second-order valence-corrected chi connectivity index (χ2v) is 4.34. The van der Waals surface area contributed by atoms with Gasteiger partial charge < -0.3 is 20.7 Å². The summed E-state index contributed by atoms with van der Waals surface area (Å²) < 4.78 is 5.02. The van der Waals surface area contributed by atoms with E-state index in [-0.39, 0.29) is 5.91 Å². The largest absolute Gasteiger partial charge is 0.462 e. The van der Waals surface area contributed by atoms with Crippen LogP contribution in [0.4, 0.5) is 11.4 Å². The molecule has 6 nitrogen and oxygen atoms in total. The highest BCUT2D eigenvalue weighted by Crippen LogP contribution is 2.23. The Balaban J connectivity index is 2.92. The van der Waals surface area contributed by atoms with Crippen LogP contribution in [-0.2, 0) is 9.53 Å². The van der Waals surface area contributed by atoms with Gasteiger partial charge in [0.15, 0.2) is 0 Å². The van der Waals surface area contributed by atoms with Crippen LogP contribution in [-0.4, -0.2) is 39.1 Å². The Morgan fingerprint density at radius 1 is 1.40 bits per heavy atom. The van der Waals surface area contributed by atoms with Crippen LogP contribution in [0.3, 0.4) is 0 Å². The molecule has 0 aliphatic rings. The predicted octanol–water partition coefficient (Wildman–Crippen LogP) is 1.02. The first-order chi connectivity index (χ1) is 9.49. The number of carbonyl (C=O) groups excluding carboxylic acids is 2. The second-order valence-electron chi connectivity index (χ2n) is 4.34. The highest BCUT2D eigenvalue weighted by Gasteiger charge is 2.16. The molecule has 0 saturated carbocycles. The molecule has 1 aromatic rings. The number of carbonyl (C=O) groups is 2. The Morgan fingerprint density at radius 2 is 2.10 bits per heavy atom. The molecule has 1 amide bonds. The molecule has 0 atom stereocenters. The molecule has 0 aromatic heterocycles. The van der Waals surface area contributed by atoms with Crippen LogP contribution in [0.1, 0.15) is 23.7 Å². The number of hydrogen-bond acceptors (Lipinski definition) is 5. The minimum absolute atomic E-state index is 0.0509. The molecule has 1 rings (SSSR count). The van der Waals surface area contributed by atoms with Gasteiger partial charge in [0, 0.05) is 32.7 Å². The average Bonchev–Trinajstić information content (AvgIpc) is 2.44. The number of anilines is 2. The molecule has 0 heterocycles. The fraction of sp³-hybridized carbons (Fsp3) is 0.429. The van der Waals surface area contributed by atoms with E-state index in [0.29, 0.717) is 36.5 Å². The van der Waals surface area contributed by atoms with Gasteiger partial charge in [-0.2, -0.15) is 0 Å². The Morgan fingerprint density at radius 3 is 2.70 bits per heavy atom. The standard InChI is InChI=1S/C14H21N3O3/c1-4-20-14(19)11-9-10(15)5-6-12(11)17(3)8-7-13(18)16-2/h5-6,9H,4,7-8,15H2,1-3H3,(H,16,18). The average molecular weight is 279 g/mol. The number of nitrogens with two attached hydrogens (primary N) is 1. The summed E-state index contributed by atoms with van der Waals surface area (Å²) >= 11 is 0. The number of hydrogen-bond donors (Lipinski definition) is 2. The fourth-order valence-electron chi connectivity index (χ4n) is 1.77. The smallest absolute Gasteiger partial charge is 0.340 e. The number of nitrogens with one attached hydrogen (secondary N) is 1. The summed E-state index contributed by atoms with van der Waals surface area (Å²) in [5.74, 6) is -0.466. The summed E-state index contributed by atoms with van der Waals surface area (Å²) in [6.07, 6.45) is 0.347. The van der Waals surface area contributed by atoms with Gasteiger partial charge in [-0.1, -0.05) is 0 Å². The van der Waals surface area contributed by atoms with E-state index in [0.717, 1.165) is 0 Å². The number of rotatable bonds is 6. The third-order valence-electron chi connectivity index (χ3n) is 2.88. The highest BCUT2D eigenvalue weighted by atomic mass is 16.5. The maximum absolute atomic E-state index is 11.9. The lowest BCUT2D eigenvalue weighted by Crippen LogP contribution is -2.27. The zero-order valence-electron chi connectivity index (χ0n) is 12.1. The lowest BCUT2D eigenvalue weighted by Gasteiger charge is -2.21. The van der Waals surface area contributed by atoms with Crippen molar-refractivity contribution in [2.45, 2.75) is 13.3 Å². The van der Waals surface area contributed by atoms with E-state index >= 15 is 0 Å². The monoisotopic (exact) mass is 279 g/mol. The molecule has 0 bridgehead atoms. The van der Waals surface area contributed by atoms with Crippen molar-refractivity contribution < 1.29 is 14.3 Å². The molecular formula is C14H21N3O3. The topological polar surface area (TPSA) is 84.7 Å². The summed E-state index contributed by atoms with van der Waals surface area (Å²) in [7, 11) is 3.41. The maximum Gasteiger partial charge on any atom is 0.340 e. The van der Waals surface area contributed by atoms with Gasteiger partial charge in [-0.25, -0.2) is 4.79 Å². The van der Waals surface area contributed by atoms with Gasteiger partial charge in [0.2, 0.25) is 5.91 Å². The van der Waals surface area contributed by atoms with Crippen LogP contribution in [0, 0.1) is 0 Å². The lowest BCUT2D eigenvalue weighted by molar-refractivity contribution is -0.120. The van der Waals surface area contributed by atoms with Crippen molar-refractivity contribution in [3.8, 4) is 0 Å². The summed E-state index contributed by atoms with van der Waals surface area (Å²) in [5.41, 5.74) is 7.32. The molecule has 20 heavy (non-hydrogen) atoms. The van der Waals surface area contributed by atoms with Gasteiger partial charge in [-0.3, -0.25) is 4.79 Å². The van der Waals surface area contributed by atoms with Crippen LogP contribution in [0.25, 0.3) is 0 Å². The number of amides is 1. The Kier molecular flexibility index (Phi) is 5.83. The predicted molar refractivity (Wildman–Crippen MR) is 78.8 cm³/mol. The van der Waals surface area contributed by atoms with Crippen molar-refractivity contribution in [1.82, 2.24) is 5.32 Å². The van der Waals surface area contributed by atoms with Gasteiger partial charge in [0.05, 0.1) is 17.9 Å². The van der Waals surface area contributed by atoms with Crippen molar-refractivity contribution in [2.75, 3.05) is 37.9 Å². The molecule has 3 N–H and O–H groups in total. The van der Waals surface area contributed by atoms with Crippen LogP contribution in [0.15, 0.2) is 18.2 Å². The SMILES string of the molecule is CCOC(=O)c1cc(N)ccc1N(C)CCC(=O)NC. The van der Waals surface area contributed by atoms with Crippen LogP contribution >= 0.6 is 0 Å². The van der Waals surface area contributed by atoms with Crippen molar-refractivity contribution in [3.63, 3.8) is 0 Å². The van der Waals surface area contributed by atoms with Gasteiger partial charge in [-0.15, -0.1) is 0 Å². The second kappa shape index (κ2) is 7.37. The van der Waals surface area contributed by atoms with E-state index in [1.165, 1.54) is 0 Å². The number of esters is 1. The quantitative estimate of drug-likeness (QED) is 0.600. The first-order valence-corrected chi connectivity index (χ1v) is 6.48. The first-order valence-electron chi connectivity index (χ1n) is 6.48. The molecular weight excluding hydrogens is 258 g/mol. The molecule has 0 unspecified atom stereocenters. The summed E-state index contributed by atoms with van der Waals surface area (Å²) in [5, 5.41) is 2.56. The maximum atomic E-state index is 11.9. The van der Waals surface area contributed by atoms with Crippen molar-refractivity contribution >= 4 is 23.3 Å². The molecule has 0 fully saturated rings. The molecule has 0 aliphatic heterocycles. The molecule has 1 aromatic carbocycles. The number of nitrogen functional groups attached to an aromatic ring is 1. The zero-order valence-corrected chi connectivity index (χ0v) is 12.1. The number of ether oxygens (including phenoxy) is 1. The van der Waals surface area contributed by atoms with E-state index in [1.807, 2.05) is 11.9 Å². The van der Waals surface area contributed by atoms with Gasteiger partial charge in [-0.05, 0) is 25.1 Å². The molecule has 6 heteroatoms. The van der Waals surface area contributed by atoms with Crippen molar-refractivity contribution in [3.05, 3.63) is 23.8 Å². The zero-order chi connectivity index (χ0) is 15.1. The van der Waals surface area contributed by atoms with Gasteiger partial charge in [0.1, 0.15) is 0 Å². The minimum atomic E-state index is -0.415. The van der Waals surface area contributed by atoms with E-state index in [9.17, 15) is 9.59 Å². The Hall–Kier alpha value is -2.24. The van der Waals surface area contributed by atoms with Crippen molar-refractivity contribution in [2.24, 2.45) is 0 Å². The number of benzene rings is 1. The molecule has 0 saturated heterocycles. The van der Waals surface area contributed by atoms with Gasteiger partial charge >= 0.3 is 5.97 Å². The van der Waals surface area contributed by atoms with E-state index in [4.69, 9.17) is 10.5 Å². The Bertz CT molecular complexity index is 489. The summed E-state index contributed by atoms with van der Waals surface area (Å²) in [6.45, 7) is 2.55. The lowest BCUT2D eigenvalue weighted by atomic mass is 10.1. The summed E-state index contributed by atoms with van der Waals surface area (Å²) in [4.78, 5) is 25.0. The highest BCUT2D eigenvalue weighted by molar-refractivity contribution is 5.97. The van der Waals surface area contributed by atoms with Crippen LogP contribution in [0.5, 0.6) is 0 Å². The minimum Gasteiger partial charge on any atom is -0.462 e. The Labute approximate surface area is 118 Å². The van der Waals surface area contributed by atoms with E-state index in [1.54, 1.807) is 32.2 Å². The molecule has 0 spiro atoms. The molecule has 110 valence electrons. The van der Waals surface area contributed by atoms with E-state index < -0.39 is 5.97 Å². The molecule has 0 radical (unpaired) electrons. The van der Waals surface area contributed by atoms with Gasteiger partial charge in [0.25, 0.3) is 0 Å². The van der Waals surface area contributed by atoms with Crippen molar-refractivity contribution in [1.29, 1.82) is 0 Å².